The fourth-order valence-corrected chi connectivity index (χ4v) is 3.22. The van der Waals surface area contributed by atoms with Crippen molar-refractivity contribution in [1.82, 2.24) is 10.9 Å². The van der Waals surface area contributed by atoms with Crippen LogP contribution in [0.1, 0.15) is 84.5 Å². The topological polar surface area (TPSA) is 82.9 Å². The van der Waals surface area contributed by atoms with Crippen molar-refractivity contribution in [2.24, 2.45) is 22.0 Å². The Bertz CT molecular complexity index is 462. The molecule has 0 aromatic rings. The molecule has 0 bridgehead atoms. The van der Waals surface area contributed by atoms with Gasteiger partial charge in [0.05, 0.1) is 0 Å². The van der Waals surface area contributed by atoms with Gasteiger partial charge in [-0.05, 0) is 69.6 Å². The van der Waals surface area contributed by atoms with Crippen LogP contribution in [0.25, 0.3) is 0 Å². The zero-order chi connectivity index (χ0) is 18.1. The summed E-state index contributed by atoms with van der Waals surface area (Å²) < 4.78 is 0. The molecule has 0 atom stereocenters. The van der Waals surface area contributed by atoms with E-state index in [2.05, 4.69) is 34.9 Å². The Morgan fingerprint density at radius 2 is 1.16 bits per heavy atom. The van der Waals surface area contributed by atoms with Crippen LogP contribution in [0, 0.1) is 11.8 Å². The van der Waals surface area contributed by atoms with Crippen molar-refractivity contribution in [1.29, 1.82) is 0 Å². The molecule has 0 aromatic heterocycles. The smallest absolute Gasteiger partial charge is 0.240 e. The lowest BCUT2D eigenvalue weighted by Gasteiger charge is -2.18. The molecule has 0 aromatic carbocycles. The number of hydrogen-bond donors (Lipinski definition) is 2. The molecule has 0 saturated heterocycles. The Kier molecular flexibility index (Phi) is 8.09. The van der Waals surface area contributed by atoms with Gasteiger partial charge in [-0.3, -0.25) is 9.59 Å². The molecule has 6 nitrogen and oxygen atoms in total. The lowest BCUT2D eigenvalue weighted by molar-refractivity contribution is -0.122. The molecule has 2 amide bonds. The van der Waals surface area contributed by atoms with Gasteiger partial charge in [0.1, 0.15) is 0 Å². The first-order valence-corrected chi connectivity index (χ1v) is 9.71. The van der Waals surface area contributed by atoms with Gasteiger partial charge in [-0.1, -0.05) is 13.8 Å². The molecule has 25 heavy (non-hydrogen) atoms. The minimum Gasteiger partial charge on any atom is -0.273 e. The molecule has 0 unspecified atom stereocenters. The Labute approximate surface area is 150 Å². The third kappa shape index (κ3) is 7.80. The number of amides is 2. The van der Waals surface area contributed by atoms with E-state index in [1.54, 1.807) is 0 Å². The van der Waals surface area contributed by atoms with E-state index >= 15 is 0 Å². The predicted molar refractivity (Wildman–Crippen MR) is 100 cm³/mol. The van der Waals surface area contributed by atoms with Gasteiger partial charge in [0.25, 0.3) is 0 Å². The summed E-state index contributed by atoms with van der Waals surface area (Å²) in [6.07, 6.45) is 9.64. The summed E-state index contributed by atoms with van der Waals surface area (Å²) in [7, 11) is 0. The summed E-state index contributed by atoms with van der Waals surface area (Å²) in [5.41, 5.74) is 7.41. The van der Waals surface area contributed by atoms with Crippen molar-refractivity contribution in [2.45, 2.75) is 84.5 Å². The van der Waals surface area contributed by atoms with Gasteiger partial charge in [-0.15, -0.1) is 0 Å². The summed E-state index contributed by atoms with van der Waals surface area (Å²) in [6.45, 7) is 4.50. The average Bonchev–Trinajstić information content (AvgIpc) is 2.61. The molecule has 2 fully saturated rings. The van der Waals surface area contributed by atoms with Crippen molar-refractivity contribution in [3.63, 3.8) is 0 Å². The molecule has 0 heterocycles. The van der Waals surface area contributed by atoms with Crippen LogP contribution < -0.4 is 10.9 Å². The first-order chi connectivity index (χ1) is 12.0. The SMILES string of the molecule is CC1CCC(=NNC(=O)CCCC(=O)NN=C2CCC(C)CC2)CC1. The fraction of sp³-hybridized carbons (Fsp3) is 0.789. The Morgan fingerprint density at radius 3 is 1.52 bits per heavy atom. The number of nitrogens with one attached hydrogen (secondary N) is 2. The number of carbonyl (C=O) groups excluding carboxylic acids is 2. The molecule has 2 rings (SSSR count). The first kappa shape index (κ1) is 19.6. The van der Waals surface area contributed by atoms with Gasteiger partial charge in [-0.25, -0.2) is 10.9 Å². The second-order valence-corrected chi connectivity index (χ2v) is 7.64. The quantitative estimate of drug-likeness (QED) is 0.720. The van der Waals surface area contributed by atoms with E-state index < -0.39 is 0 Å². The molecular formula is C19H32N4O2. The van der Waals surface area contributed by atoms with Gasteiger partial charge in [0, 0.05) is 24.3 Å². The highest BCUT2D eigenvalue weighted by molar-refractivity contribution is 5.87. The van der Waals surface area contributed by atoms with E-state index in [1.165, 1.54) is 0 Å². The second-order valence-electron chi connectivity index (χ2n) is 7.64. The molecule has 140 valence electrons. The average molecular weight is 348 g/mol. The van der Waals surface area contributed by atoms with E-state index in [0.29, 0.717) is 19.3 Å². The molecule has 0 spiro atoms. The van der Waals surface area contributed by atoms with Gasteiger partial charge in [-0.2, -0.15) is 10.2 Å². The van der Waals surface area contributed by atoms with Crippen LogP contribution >= 0.6 is 0 Å². The van der Waals surface area contributed by atoms with Crippen molar-refractivity contribution in [3.8, 4) is 0 Å². The summed E-state index contributed by atoms with van der Waals surface area (Å²) in [5, 5.41) is 8.43. The van der Waals surface area contributed by atoms with Gasteiger partial charge >= 0.3 is 0 Å². The molecular weight excluding hydrogens is 316 g/mol. The van der Waals surface area contributed by atoms with Crippen LogP contribution in [0.5, 0.6) is 0 Å². The van der Waals surface area contributed by atoms with Crippen LogP contribution in [0.2, 0.25) is 0 Å². The fourth-order valence-electron chi connectivity index (χ4n) is 3.22. The van der Waals surface area contributed by atoms with E-state index in [-0.39, 0.29) is 11.8 Å². The highest BCUT2D eigenvalue weighted by Gasteiger charge is 2.15. The normalized spacial score (nSPS) is 23.8. The van der Waals surface area contributed by atoms with Crippen molar-refractivity contribution < 1.29 is 9.59 Å². The van der Waals surface area contributed by atoms with E-state index in [0.717, 1.165) is 74.6 Å². The number of nitrogens with zero attached hydrogens (tertiary/aromatic N) is 2. The van der Waals surface area contributed by atoms with E-state index in [1.807, 2.05) is 0 Å². The lowest BCUT2D eigenvalue weighted by Crippen LogP contribution is -2.23. The second kappa shape index (κ2) is 10.3. The highest BCUT2D eigenvalue weighted by Crippen LogP contribution is 2.21. The molecule has 6 heteroatoms. The van der Waals surface area contributed by atoms with Crippen molar-refractivity contribution >= 4 is 23.2 Å². The van der Waals surface area contributed by atoms with Gasteiger partial charge < -0.3 is 0 Å². The molecule has 2 N–H and O–H groups in total. The van der Waals surface area contributed by atoms with Crippen LogP contribution in [0.4, 0.5) is 0 Å². The molecule has 2 saturated carbocycles. The zero-order valence-corrected chi connectivity index (χ0v) is 15.6. The van der Waals surface area contributed by atoms with Crippen molar-refractivity contribution in [3.05, 3.63) is 0 Å². The maximum atomic E-state index is 11.8. The molecule has 0 radical (unpaired) electrons. The first-order valence-electron chi connectivity index (χ1n) is 9.71. The Morgan fingerprint density at radius 1 is 0.800 bits per heavy atom. The zero-order valence-electron chi connectivity index (χ0n) is 15.6. The number of rotatable bonds is 6. The van der Waals surface area contributed by atoms with Crippen LogP contribution in [0.3, 0.4) is 0 Å². The largest absolute Gasteiger partial charge is 0.273 e. The maximum absolute atomic E-state index is 11.8. The van der Waals surface area contributed by atoms with Crippen LogP contribution in [-0.4, -0.2) is 23.2 Å². The van der Waals surface area contributed by atoms with Crippen molar-refractivity contribution in [2.75, 3.05) is 0 Å². The molecule has 0 aliphatic heterocycles. The monoisotopic (exact) mass is 348 g/mol. The standard InChI is InChI=1S/C19H32N4O2/c1-14-6-10-16(11-7-14)20-22-18(24)4-3-5-19(25)23-21-17-12-8-15(2)9-13-17/h14-15H,3-13H2,1-2H3,(H,22,24)(H,23,25). The third-order valence-electron chi connectivity index (χ3n) is 5.19. The molecule has 2 aliphatic rings. The Balaban J connectivity index is 1.57. The minimum absolute atomic E-state index is 0.119. The van der Waals surface area contributed by atoms with E-state index in [4.69, 9.17) is 0 Å². The Hall–Kier alpha value is -1.72. The minimum atomic E-state index is -0.119. The van der Waals surface area contributed by atoms with E-state index in [9.17, 15) is 9.59 Å². The number of carbonyl (C=O) groups is 2. The summed E-state index contributed by atoms with van der Waals surface area (Å²) in [6, 6.07) is 0. The number of hydrogen-bond acceptors (Lipinski definition) is 4. The third-order valence-corrected chi connectivity index (χ3v) is 5.19. The molecule has 2 aliphatic carbocycles. The number of hydrazone groups is 2. The van der Waals surface area contributed by atoms with Gasteiger partial charge in [0.15, 0.2) is 0 Å². The maximum Gasteiger partial charge on any atom is 0.240 e. The lowest BCUT2D eigenvalue weighted by atomic mass is 9.90. The predicted octanol–water partition coefficient (Wildman–Crippen LogP) is 3.52. The van der Waals surface area contributed by atoms with Crippen LogP contribution in [-0.2, 0) is 9.59 Å². The highest BCUT2D eigenvalue weighted by atomic mass is 16.2. The summed E-state index contributed by atoms with van der Waals surface area (Å²) in [5.74, 6) is 1.28. The van der Waals surface area contributed by atoms with Crippen LogP contribution in [0.15, 0.2) is 10.2 Å². The van der Waals surface area contributed by atoms with Gasteiger partial charge in [0.2, 0.25) is 11.8 Å². The summed E-state index contributed by atoms with van der Waals surface area (Å²) in [4.78, 5) is 23.6. The summed E-state index contributed by atoms with van der Waals surface area (Å²) >= 11 is 0.